The molecule has 0 aromatic carbocycles. The third kappa shape index (κ3) is 4.20. The molecule has 0 radical (unpaired) electrons. The lowest BCUT2D eigenvalue weighted by Crippen LogP contribution is -2.22. The van der Waals surface area contributed by atoms with E-state index in [0.29, 0.717) is 12.3 Å². The molecule has 1 heterocycles. The molecule has 1 saturated heterocycles. The third-order valence-corrected chi connectivity index (χ3v) is 1.59. The Morgan fingerprint density at radius 3 is 3.18 bits per heavy atom. The van der Waals surface area contributed by atoms with Gasteiger partial charge in [0.05, 0.1) is 19.3 Å². The maximum atomic E-state index is 8.38. The molecular formula is C7H13ClN2O. The number of nitrogens with one attached hydrogen (secondary N) is 1. The lowest BCUT2D eigenvalue weighted by atomic mass is 10.1. The van der Waals surface area contributed by atoms with E-state index in [-0.39, 0.29) is 12.4 Å². The van der Waals surface area contributed by atoms with Gasteiger partial charge in [-0.3, -0.25) is 0 Å². The number of hydrogen-bond donors (Lipinski definition) is 1. The number of rotatable bonds is 1. The summed E-state index contributed by atoms with van der Waals surface area (Å²) in [5, 5.41) is 11.6. The smallest absolute Gasteiger partial charge is 0.0626 e. The maximum Gasteiger partial charge on any atom is 0.0626 e. The fourth-order valence-electron chi connectivity index (χ4n) is 1.02. The number of nitriles is 1. The van der Waals surface area contributed by atoms with Gasteiger partial charge in [-0.2, -0.15) is 5.26 Å². The summed E-state index contributed by atoms with van der Waals surface area (Å²) in [4.78, 5) is 0. The Morgan fingerprint density at radius 1 is 1.64 bits per heavy atom. The van der Waals surface area contributed by atoms with Gasteiger partial charge < -0.3 is 10.1 Å². The van der Waals surface area contributed by atoms with Gasteiger partial charge in [-0.25, -0.2) is 0 Å². The molecule has 0 aromatic rings. The first-order valence-corrected chi connectivity index (χ1v) is 3.59. The van der Waals surface area contributed by atoms with Crippen molar-refractivity contribution >= 4 is 12.4 Å². The van der Waals surface area contributed by atoms with Crippen LogP contribution in [0.15, 0.2) is 0 Å². The second-order valence-corrected chi connectivity index (χ2v) is 2.51. The Hall–Kier alpha value is -0.300. The van der Waals surface area contributed by atoms with E-state index in [0.717, 1.165) is 26.3 Å². The predicted octanol–water partition coefficient (Wildman–Crippen LogP) is 0.558. The molecule has 0 bridgehead atoms. The Kier molecular flexibility index (Phi) is 6.24. The highest BCUT2D eigenvalue weighted by Crippen LogP contribution is 2.03. The zero-order valence-corrected chi connectivity index (χ0v) is 7.19. The molecule has 3 nitrogen and oxygen atoms in total. The molecule has 0 amide bonds. The van der Waals surface area contributed by atoms with E-state index in [1.807, 2.05) is 0 Å². The van der Waals surface area contributed by atoms with Crippen molar-refractivity contribution in [2.75, 3.05) is 26.3 Å². The van der Waals surface area contributed by atoms with Gasteiger partial charge in [0.15, 0.2) is 0 Å². The monoisotopic (exact) mass is 176 g/mol. The van der Waals surface area contributed by atoms with Crippen molar-refractivity contribution in [1.82, 2.24) is 5.32 Å². The topological polar surface area (TPSA) is 45.0 Å². The molecule has 1 aliphatic heterocycles. The van der Waals surface area contributed by atoms with E-state index in [9.17, 15) is 0 Å². The van der Waals surface area contributed by atoms with Crippen molar-refractivity contribution in [2.24, 2.45) is 5.92 Å². The van der Waals surface area contributed by atoms with Gasteiger partial charge >= 0.3 is 0 Å². The van der Waals surface area contributed by atoms with Crippen molar-refractivity contribution in [3.8, 4) is 6.07 Å². The number of ether oxygens (including phenoxy) is 1. The van der Waals surface area contributed by atoms with Crippen LogP contribution in [-0.2, 0) is 4.74 Å². The minimum atomic E-state index is 0. The second kappa shape index (κ2) is 6.41. The summed E-state index contributed by atoms with van der Waals surface area (Å²) in [7, 11) is 0. The molecule has 1 atom stereocenters. The van der Waals surface area contributed by atoms with E-state index in [2.05, 4.69) is 11.4 Å². The summed E-state index contributed by atoms with van der Waals surface area (Å²) in [6.07, 6.45) is 0.604. The highest BCUT2D eigenvalue weighted by molar-refractivity contribution is 5.85. The lowest BCUT2D eigenvalue weighted by molar-refractivity contribution is 0.125. The third-order valence-electron chi connectivity index (χ3n) is 1.59. The largest absolute Gasteiger partial charge is 0.380 e. The molecular weight excluding hydrogens is 164 g/mol. The van der Waals surface area contributed by atoms with Crippen LogP contribution in [0.1, 0.15) is 6.42 Å². The van der Waals surface area contributed by atoms with Crippen LogP contribution in [0.4, 0.5) is 0 Å². The minimum absolute atomic E-state index is 0. The normalized spacial score (nSPS) is 24.5. The van der Waals surface area contributed by atoms with E-state index in [1.165, 1.54) is 0 Å². The first-order chi connectivity index (χ1) is 4.93. The van der Waals surface area contributed by atoms with Crippen molar-refractivity contribution in [1.29, 1.82) is 5.26 Å². The molecule has 11 heavy (non-hydrogen) atoms. The number of halogens is 1. The van der Waals surface area contributed by atoms with E-state index < -0.39 is 0 Å². The van der Waals surface area contributed by atoms with Crippen LogP contribution in [-0.4, -0.2) is 26.3 Å². The SMILES string of the molecule is Cl.N#CCC1CNCCOC1. The zero-order valence-electron chi connectivity index (χ0n) is 6.38. The summed E-state index contributed by atoms with van der Waals surface area (Å²) in [5.74, 6) is 0.396. The average molecular weight is 177 g/mol. The molecule has 0 aromatic heterocycles. The van der Waals surface area contributed by atoms with E-state index >= 15 is 0 Å². The van der Waals surface area contributed by atoms with Crippen LogP contribution in [0.2, 0.25) is 0 Å². The molecule has 1 rings (SSSR count). The fourth-order valence-corrected chi connectivity index (χ4v) is 1.02. The Balaban J connectivity index is 0.000001000. The van der Waals surface area contributed by atoms with Gasteiger partial charge in [-0.1, -0.05) is 0 Å². The summed E-state index contributed by atoms with van der Waals surface area (Å²) >= 11 is 0. The Morgan fingerprint density at radius 2 is 2.45 bits per heavy atom. The molecule has 0 aliphatic carbocycles. The minimum Gasteiger partial charge on any atom is -0.380 e. The van der Waals surface area contributed by atoms with Crippen LogP contribution < -0.4 is 5.32 Å². The van der Waals surface area contributed by atoms with Crippen molar-refractivity contribution in [2.45, 2.75) is 6.42 Å². The first kappa shape index (κ1) is 10.7. The van der Waals surface area contributed by atoms with Gasteiger partial charge in [0, 0.05) is 25.4 Å². The van der Waals surface area contributed by atoms with Crippen LogP contribution in [0.5, 0.6) is 0 Å². The molecule has 1 aliphatic rings. The van der Waals surface area contributed by atoms with E-state index in [4.69, 9.17) is 10.00 Å². The number of hydrogen-bond acceptors (Lipinski definition) is 3. The summed E-state index contributed by atoms with van der Waals surface area (Å²) in [6, 6.07) is 2.15. The van der Waals surface area contributed by atoms with Crippen molar-refractivity contribution in [3.05, 3.63) is 0 Å². The predicted molar refractivity (Wildman–Crippen MR) is 44.7 cm³/mol. The molecule has 1 fully saturated rings. The summed E-state index contributed by atoms with van der Waals surface area (Å²) in [5.41, 5.74) is 0. The number of nitrogens with zero attached hydrogens (tertiary/aromatic N) is 1. The molecule has 64 valence electrons. The lowest BCUT2D eigenvalue weighted by Gasteiger charge is -2.07. The summed E-state index contributed by atoms with van der Waals surface area (Å²) in [6.45, 7) is 3.36. The standard InChI is InChI=1S/C7H12N2O.ClH/c8-2-1-7-5-9-3-4-10-6-7;/h7,9H,1,3-6H2;1H. The van der Waals surface area contributed by atoms with Crippen LogP contribution in [0.3, 0.4) is 0 Å². The molecule has 1 N–H and O–H groups in total. The second-order valence-electron chi connectivity index (χ2n) is 2.51. The van der Waals surface area contributed by atoms with Gasteiger partial charge in [0.1, 0.15) is 0 Å². The van der Waals surface area contributed by atoms with E-state index in [1.54, 1.807) is 0 Å². The maximum absolute atomic E-state index is 8.38. The molecule has 1 unspecified atom stereocenters. The zero-order chi connectivity index (χ0) is 7.23. The van der Waals surface area contributed by atoms with Crippen LogP contribution in [0.25, 0.3) is 0 Å². The molecule has 0 saturated carbocycles. The summed E-state index contributed by atoms with van der Waals surface area (Å²) < 4.78 is 5.25. The van der Waals surface area contributed by atoms with Crippen molar-refractivity contribution < 1.29 is 4.74 Å². The van der Waals surface area contributed by atoms with Crippen LogP contribution >= 0.6 is 12.4 Å². The Bertz CT molecular complexity index is 127. The van der Waals surface area contributed by atoms with Crippen LogP contribution in [0, 0.1) is 17.2 Å². The van der Waals surface area contributed by atoms with Gasteiger partial charge in [-0.05, 0) is 0 Å². The highest BCUT2D eigenvalue weighted by atomic mass is 35.5. The Labute approximate surface area is 73.1 Å². The quantitative estimate of drug-likeness (QED) is 0.635. The van der Waals surface area contributed by atoms with Gasteiger partial charge in [0.2, 0.25) is 0 Å². The molecule has 0 spiro atoms. The highest BCUT2D eigenvalue weighted by Gasteiger charge is 2.10. The van der Waals surface area contributed by atoms with Crippen molar-refractivity contribution in [3.63, 3.8) is 0 Å². The van der Waals surface area contributed by atoms with Gasteiger partial charge in [-0.15, -0.1) is 12.4 Å². The fraction of sp³-hybridized carbons (Fsp3) is 0.857. The average Bonchev–Trinajstić information content (AvgIpc) is 2.17. The van der Waals surface area contributed by atoms with Gasteiger partial charge in [0.25, 0.3) is 0 Å². The molecule has 4 heteroatoms. The first-order valence-electron chi connectivity index (χ1n) is 3.59.